The first kappa shape index (κ1) is 19.3. The topological polar surface area (TPSA) is 37.4 Å². The van der Waals surface area contributed by atoms with Crippen LogP contribution in [0, 0.1) is 12.8 Å². The highest BCUT2D eigenvalue weighted by Gasteiger charge is 2.48. The normalized spacial score (nSPS) is 23.8. The molecule has 2 aliphatic rings. The molecule has 0 fully saturated rings. The van der Waals surface area contributed by atoms with E-state index in [4.69, 9.17) is 0 Å². The van der Waals surface area contributed by atoms with Gasteiger partial charge in [-0.05, 0) is 43.5 Å². The van der Waals surface area contributed by atoms with Crippen molar-refractivity contribution in [3.05, 3.63) is 84.0 Å². The Labute approximate surface area is 172 Å². The minimum absolute atomic E-state index is 0.0973. The fourth-order valence-corrected chi connectivity index (χ4v) is 7.38. The molecule has 0 saturated heterocycles. The maximum Gasteiger partial charge on any atom is 0.244 e. The van der Waals surface area contributed by atoms with Crippen molar-refractivity contribution in [2.24, 2.45) is 5.92 Å². The van der Waals surface area contributed by atoms with Gasteiger partial charge >= 0.3 is 0 Å². The van der Waals surface area contributed by atoms with E-state index in [1.807, 2.05) is 67.6 Å². The van der Waals surface area contributed by atoms with Crippen LogP contribution in [0.15, 0.2) is 77.7 Å². The van der Waals surface area contributed by atoms with E-state index < -0.39 is 14.8 Å². The minimum Gasteiger partial charge on any atom is -0.269 e. The van der Waals surface area contributed by atoms with Gasteiger partial charge in [0.25, 0.3) is 0 Å². The quantitative estimate of drug-likeness (QED) is 0.651. The SMILES string of the molecule is Cc1ccccc1SCC1C=CC=CC1(C)S(=O)(=O)N1CCc2ccccc21. The van der Waals surface area contributed by atoms with Crippen molar-refractivity contribution in [2.45, 2.75) is 29.9 Å². The maximum atomic E-state index is 13.8. The van der Waals surface area contributed by atoms with Gasteiger partial charge in [0.2, 0.25) is 10.0 Å². The predicted octanol–water partition coefficient (Wildman–Crippen LogP) is 4.98. The third-order valence-corrected chi connectivity index (χ3v) is 9.63. The lowest BCUT2D eigenvalue weighted by Gasteiger charge is -2.38. The van der Waals surface area contributed by atoms with Gasteiger partial charge in [-0.1, -0.05) is 60.7 Å². The van der Waals surface area contributed by atoms with Crippen LogP contribution in [0.25, 0.3) is 0 Å². The van der Waals surface area contributed by atoms with Crippen molar-refractivity contribution < 1.29 is 8.42 Å². The molecule has 5 heteroatoms. The van der Waals surface area contributed by atoms with Gasteiger partial charge in [-0.2, -0.15) is 0 Å². The van der Waals surface area contributed by atoms with Gasteiger partial charge in [-0.25, -0.2) is 8.42 Å². The van der Waals surface area contributed by atoms with E-state index in [0.29, 0.717) is 6.54 Å². The molecular formula is C23H25NO2S2. The molecule has 2 aromatic carbocycles. The average Bonchev–Trinajstić information content (AvgIpc) is 3.13. The molecule has 4 rings (SSSR count). The molecule has 28 heavy (non-hydrogen) atoms. The molecule has 2 atom stereocenters. The Morgan fingerprint density at radius 1 is 1.11 bits per heavy atom. The first-order chi connectivity index (χ1) is 13.4. The molecule has 0 spiro atoms. The van der Waals surface area contributed by atoms with Crippen LogP contribution in [0.3, 0.4) is 0 Å². The van der Waals surface area contributed by atoms with Crippen molar-refractivity contribution in [1.82, 2.24) is 0 Å². The summed E-state index contributed by atoms with van der Waals surface area (Å²) in [5.41, 5.74) is 3.16. The van der Waals surface area contributed by atoms with Gasteiger partial charge in [0.05, 0.1) is 5.69 Å². The number of nitrogens with zero attached hydrogens (tertiary/aromatic N) is 1. The molecule has 2 unspecified atom stereocenters. The van der Waals surface area contributed by atoms with Crippen LogP contribution in [0.1, 0.15) is 18.1 Å². The number of hydrogen-bond acceptors (Lipinski definition) is 3. The molecule has 0 bridgehead atoms. The number of allylic oxidation sites excluding steroid dienone is 3. The molecule has 0 amide bonds. The molecular weight excluding hydrogens is 386 g/mol. The van der Waals surface area contributed by atoms with Crippen LogP contribution in [0.5, 0.6) is 0 Å². The lowest BCUT2D eigenvalue weighted by atomic mass is 9.90. The minimum atomic E-state index is -3.56. The molecule has 1 aliphatic carbocycles. The zero-order valence-electron chi connectivity index (χ0n) is 16.2. The zero-order chi connectivity index (χ0) is 19.8. The number of fused-ring (bicyclic) bond motifs is 1. The summed E-state index contributed by atoms with van der Waals surface area (Å²) in [4.78, 5) is 1.21. The number of benzene rings is 2. The Morgan fingerprint density at radius 3 is 2.68 bits per heavy atom. The third kappa shape index (κ3) is 3.20. The van der Waals surface area contributed by atoms with Crippen LogP contribution in [-0.2, 0) is 16.4 Å². The van der Waals surface area contributed by atoms with E-state index >= 15 is 0 Å². The van der Waals surface area contributed by atoms with E-state index in [2.05, 4.69) is 19.1 Å². The molecule has 0 aromatic heterocycles. The first-order valence-electron chi connectivity index (χ1n) is 9.58. The monoisotopic (exact) mass is 411 g/mol. The van der Waals surface area contributed by atoms with Crippen molar-refractivity contribution >= 4 is 27.5 Å². The summed E-state index contributed by atoms with van der Waals surface area (Å²) in [6, 6.07) is 16.1. The van der Waals surface area contributed by atoms with Crippen LogP contribution >= 0.6 is 11.8 Å². The van der Waals surface area contributed by atoms with Gasteiger partial charge in [-0.3, -0.25) is 4.31 Å². The van der Waals surface area contributed by atoms with Crippen LogP contribution < -0.4 is 4.31 Å². The predicted molar refractivity (Wildman–Crippen MR) is 118 cm³/mol. The fourth-order valence-electron chi connectivity index (χ4n) is 3.95. The summed E-state index contributed by atoms with van der Waals surface area (Å²) >= 11 is 1.73. The highest BCUT2D eigenvalue weighted by Crippen LogP contribution is 2.42. The number of aryl methyl sites for hydroxylation is 1. The molecule has 1 heterocycles. The van der Waals surface area contributed by atoms with E-state index in [1.54, 1.807) is 16.1 Å². The molecule has 1 aliphatic heterocycles. The number of thioether (sulfide) groups is 1. The Bertz CT molecular complexity index is 1040. The average molecular weight is 412 g/mol. The maximum absolute atomic E-state index is 13.8. The van der Waals surface area contributed by atoms with E-state index in [9.17, 15) is 8.42 Å². The number of rotatable bonds is 5. The van der Waals surface area contributed by atoms with Crippen LogP contribution in [0.2, 0.25) is 0 Å². The van der Waals surface area contributed by atoms with E-state index in [-0.39, 0.29) is 5.92 Å². The van der Waals surface area contributed by atoms with E-state index in [0.717, 1.165) is 23.4 Å². The van der Waals surface area contributed by atoms with Crippen molar-refractivity contribution in [3.8, 4) is 0 Å². The Kier molecular flexibility index (Phi) is 5.15. The Morgan fingerprint density at radius 2 is 1.86 bits per heavy atom. The molecule has 2 aromatic rings. The molecule has 146 valence electrons. The Balaban J connectivity index is 1.63. The molecule has 3 nitrogen and oxygen atoms in total. The lowest BCUT2D eigenvalue weighted by molar-refractivity contribution is 0.514. The largest absolute Gasteiger partial charge is 0.269 e. The highest BCUT2D eigenvalue weighted by molar-refractivity contribution is 7.99. The van der Waals surface area contributed by atoms with Gasteiger partial charge in [-0.15, -0.1) is 11.8 Å². The van der Waals surface area contributed by atoms with Gasteiger partial charge in [0, 0.05) is 23.1 Å². The number of anilines is 1. The molecule has 0 N–H and O–H groups in total. The van der Waals surface area contributed by atoms with Crippen LogP contribution in [-0.4, -0.2) is 25.5 Å². The summed E-state index contributed by atoms with van der Waals surface area (Å²) in [6.45, 7) is 4.48. The number of hydrogen-bond donors (Lipinski definition) is 0. The second kappa shape index (κ2) is 7.45. The summed E-state index contributed by atoms with van der Waals surface area (Å²) in [5.74, 6) is 0.622. The lowest BCUT2D eigenvalue weighted by Crippen LogP contribution is -2.50. The van der Waals surface area contributed by atoms with Crippen LogP contribution in [0.4, 0.5) is 5.69 Å². The smallest absolute Gasteiger partial charge is 0.244 e. The summed E-state index contributed by atoms with van der Waals surface area (Å²) in [6.07, 6.45) is 8.53. The van der Waals surface area contributed by atoms with Crippen molar-refractivity contribution in [1.29, 1.82) is 0 Å². The molecule has 0 radical (unpaired) electrons. The standard InChI is InChI=1S/C23H25NO2S2/c1-18-9-3-6-13-22(18)27-17-20-11-7-8-15-23(20,2)28(25,26)24-16-14-19-10-4-5-12-21(19)24/h3-13,15,20H,14,16-17H2,1-2H3. The summed E-state index contributed by atoms with van der Waals surface area (Å²) in [5, 5.41) is 0. The fraction of sp³-hybridized carbons (Fsp3) is 0.304. The summed E-state index contributed by atoms with van der Waals surface area (Å²) < 4.78 is 28.2. The second-order valence-electron chi connectivity index (χ2n) is 7.57. The zero-order valence-corrected chi connectivity index (χ0v) is 17.8. The first-order valence-corrected chi connectivity index (χ1v) is 12.0. The number of sulfonamides is 1. The second-order valence-corrected chi connectivity index (χ2v) is 10.9. The highest BCUT2D eigenvalue weighted by atomic mass is 32.2. The van der Waals surface area contributed by atoms with E-state index in [1.165, 1.54) is 10.5 Å². The molecule has 0 saturated carbocycles. The number of para-hydroxylation sites is 1. The van der Waals surface area contributed by atoms with Crippen molar-refractivity contribution in [2.75, 3.05) is 16.6 Å². The van der Waals surface area contributed by atoms with Crippen molar-refractivity contribution in [3.63, 3.8) is 0 Å². The van der Waals surface area contributed by atoms with Gasteiger partial charge in [0.1, 0.15) is 4.75 Å². The Hall–Kier alpha value is -1.98. The van der Waals surface area contributed by atoms with Gasteiger partial charge in [0.15, 0.2) is 0 Å². The third-order valence-electron chi connectivity index (χ3n) is 5.82. The van der Waals surface area contributed by atoms with Gasteiger partial charge < -0.3 is 0 Å². The summed E-state index contributed by atoms with van der Waals surface area (Å²) in [7, 11) is -3.56.